The Morgan fingerprint density at radius 2 is 1.79 bits per heavy atom. The fraction of sp³-hybridized carbons (Fsp3) is 0.417. The molecule has 128 valence electrons. The highest BCUT2D eigenvalue weighted by atomic mass is 32.2. The number of hydrogen-bond donors (Lipinski definition) is 1. The molecule has 0 aromatic carbocycles. The molecule has 0 bridgehead atoms. The summed E-state index contributed by atoms with van der Waals surface area (Å²) in [6.07, 6.45) is -4.07. The molecule has 2 N–H and O–H groups in total. The second kappa shape index (κ2) is 5.61. The van der Waals surface area contributed by atoms with Gasteiger partial charge < -0.3 is 5.84 Å². The van der Waals surface area contributed by atoms with Crippen molar-refractivity contribution in [3.63, 3.8) is 0 Å². The summed E-state index contributed by atoms with van der Waals surface area (Å²) in [7, 11) is 0. The zero-order chi connectivity index (χ0) is 17.6. The third kappa shape index (κ3) is 2.56. The first kappa shape index (κ1) is 16.5. The number of fused-ring (bicyclic) bond motifs is 1. The molecule has 0 saturated heterocycles. The molecule has 0 saturated carbocycles. The molecule has 0 aliphatic carbocycles. The highest BCUT2D eigenvalue weighted by Crippen LogP contribution is 2.32. The second-order valence-corrected chi connectivity index (χ2v) is 5.99. The Kier molecular flexibility index (Phi) is 3.86. The summed E-state index contributed by atoms with van der Waals surface area (Å²) in [5, 5.41) is 19.4. The fourth-order valence-corrected chi connectivity index (χ4v) is 2.97. The summed E-state index contributed by atoms with van der Waals surface area (Å²) < 4.78 is 41.1. The van der Waals surface area contributed by atoms with Crippen molar-refractivity contribution >= 4 is 17.4 Å². The van der Waals surface area contributed by atoms with Gasteiger partial charge in [0.1, 0.15) is 5.03 Å². The van der Waals surface area contributed by atoms with Gasteiger partial charge in [-0.25, -0.2) is 4.68 Å². The van der Waals surface area contributed by atoms with Crippen molar-refractivity contribution in [2.45, 2.75) is 43.6 Å². The maximum Gasteiger partial charge on any atom is 0.453 e. The molecule has 0 radical (unpaired) electrons. The number of nitrogens with two attached hydrogens (primary N) is 1. The van der Waals surface area contributed by atoms with E-state index in [2.05, 4.69) is 25.5 Å². The van der Waals surface area contributed by atoms with Gasteiger partial charge in [-0.05, 0) is 31.2 Å². The van der Waals surface area contributed by atoms with Crippen molar-refractivity contribution in [1.29, 1.82) is 0 Å². The lowest BCUT2D eigenvalue weighted by molar-refractivity contribution is -0.146. The Labute approximate surface area is 138 Å². The van der Waals surface area contributed by atoms with Crippen LogP contribution in [0.4, 0.5) is 13.2 Å². The highest BCUT2D eigenvalue weighted by Gasteiger charge is 2.38. The lowest BCUT2D eigenvalue weighted by Crippen LogP contribution is -2.15. The van der Waals surface area contributed by atoms with E-state index in [0.717, 1.165) is 11.8 Å². The molecule has 0 aliphatic rings. The maximum atomic E-state index is 13.0. The standard InChI is InChI=1S/C12H13F3N8S/c1-4-7-17-20-11(22(7)16)24-9-6(3)5(2)8-18-19-10(12(13,14)15)23(8)21-9/h4,16H2,1-3H3. The number of alkyl halides is 3. The predicted molar refractivity (Wildman–Crippen MR) is 78.9 cm³/mol. The van der Waals surface area contributed by atoms with Gasteiger partial charge in [-0.3, -0.25) is 0 Å². The van der Waals surface area contributed by atoms with E-state index < -0.39 is 12.0 Å². The van der Waals surface area contributed by atoms with Gasteiger partial charge in [0.2, 0.25) is 5.16 Å². The first-order valence-corrected chi connectivity index (χ1v) is 7.72. The molecule has 0 spiro atoms. The van der Waals surface area contributed by atoms with E-state index in [1.54, 1.807) is 13.8 Å². The SMILES string of the molecule is CCc1nnc(Sc2nn3c(C(F)(F)F)nnc3c(C)c2C)n1N. The summed E-state index contributed by atoms with van der Waals surface area (Å²) in [5.41, 5.74) is 1.29. The van der Waals surface area contributed by atoms with E-state index >= 15 is 0 Å². The summed E-state index contributed by atoms with van der Waals surface area (Å²) >= 11 is 1.04. The number of nitrogens with zero attached hydrogens (tertiary/aromatic N) is 7. The maximum absolute atomic E-state index is 13.0. The van der Waals surface area contributed by atoms with Gasteiger partial charge in [-0.1, -0.05) is 6.92 Å². The van der Waals surface area contributed by atoms with Gasteiger partial charge in [-0.15, -0.1) is 20.4 Å². The topological polar surface area (TPSA) is 99.8 Å². The number of aryl methyl sites for hydroxylation is 2. The van der Waals surface area contributed by atoms with Gasteiger partial charge in [0.05, 0.1) is 0 Å². The Morgan fingerprint density at radius 3 is 2.38 bits per heavy atom. The first-order chi connectivity index (χ1) is 11.2. The molecule has 0 amide bonds. The zero-order valence-corrected chi connectivity index (χ0v) is 13.8. The molecule has 3 aromatic heterocycles. The summed E-state index contributed by atoms with van der Waals surface area (Å²) in [5.74, 6) is 5.26. The van der Waals surface area contributed by atoms with Gasteiger partial charge in [0.25, 0.3) is 5.82 Å². The van der Waals surface area contributed by atoms with Crippen LogP contribution in [0.2, 0.25) is 0 Å². The van der Waals surface area contributed by atoms with Gasteiger partial charge in [0, 0.05) is 12.0 Å². The van der Waals surface area contributed by atoms with Crippen LogP contribution in [0.5, 0.6) is 0 Å². The molecule has 24 heavy (non-hydrogen) atoms. The molecular weight excluding hydrogens is 345 g/mol. The van der Waals surface area contributed by atoms with Crippen molar-refractivity contribution < 1.29 is 13.2 Å². The van der Waals surface area contributed by atoms with E-state index in [9.17, 15) is 13.2 Å². The van der Waals surface area contributed by atoms with Gasteiger partial charge in [0.15, 0.2) is 11.5 Å². The minimum Gasteiger partial charge on any atom is -0.336 e. The van der Waals surface area contributed by atoms with Crippen LogP contribution in [0, 0.1) is 13.8 Å². The number of hydrogen-bond acceptors (Lipinski definition) is 7. The molecule has 8 nitrogen and oxygen atoms in total. The molecule has 3 heterocycles. The van der Waals surface area contributed by atoms with Gasteiger partial charge in [-0.2, -0.15) is 22.8 Å². The van der Waals surface area contributed by atoms with Crippen molar-refractivity contribution in [1.82, 2.24) is 34.7 Å². The van der Waals surface area contributed by atoms with Crippen LogP contribution >= 0.6 is 11.8 Å². The average molecular weight is 358 g/mol. The van der Waals surface area contributed by atoms with Crippen LogP contribution in [0.15, 0.2) is 10.2 Å². The Morgan fingerprint density at radius 1 is 1.08 bits per heavy atom. The zero-order valence-electron chi connectivity index (χ0n) is 13.0. The molecule has 3 rings (SSSR count). The van der Waals surface area contributed by atoms with Crippen molar-refractivity contribution in [2.24, 2.45) is 0 Å². The van der Waals surface area contributed by atoms with Crippen LogP contribution in [-0.4, -0.2) is 34.7 Å². The lowest BCUT2D eigenvalue weighted by Gasteiger charge is -2.10. The molecule has 3 aromatic rings. The first-order valence-electron chi connectivity index (χ1n) is 6.91. The van der Waals surface area contributed by atoms with Crippen LogP contribution < -0.4 is 5.84 Å². The van der Waals surface area contributed by atoms with Gasteiger partial charge >= 0.3 is 6.18 Å². The van der Waals surface area contributed by atoms with Crippen molar-refractivity contribution in [2.75, 3.05) is 5.84 Å². The van der Waals surface area contributed by atoms with E-state index in [-0.39, 0.29) is 5.65 Å². The smallest absolute Gasteiger partial charge is 0.336 e. The van der Waals surface area contributed by atoms with Crippen LogP contribution in [0.25, 0.3) is 5.65 Å². The van der Waals surface area contributed by atoms with Crippen molar-refractivity contribution in [3.05, 3.63) is 22.8 Å². The number of rotatable bonds is 3. The largest absolute Gasteiger partial charge is 0.453 e. The molecule has 12 heteroatoms. The molecule has 0 unspecified atom stereocenters. The third-order valence-corrected chi connectivity index (χ3v) is 4.59. The fourth-order valence-electron chi connectivity index (χ4n) is 2.08. The van der Waals surface area contributed by atoms with E-state index in [4.69, 9.17) is 5.84 Å². The quantitative estimate of drug-likeness (QED) is 0.712. The van der Waals surface area contributed by atoms with E-state index in [0.29, 0.717) is 38.1 Å². The Hall–Kier alpha value is -2.37. The van der Waals surface area contributed by atoms with Crippen LogP contribution in [0.3, 0.4) is 0 Å². The number of halogens is 3. The normalized spacial score (nSPS) is 12.2. The average Bonchev–Trinajstić information content (AvgIpc) is 3.08. The van der Waals surface area contributed by atoms with Crippen LogP contribution in [-0.2, 0) is 12.6 Å². The third-order valence-electron chi connectivity index (χ3n) is 3.54. The molecular formula is C12H13F3N8S. The minimum atomic E-state index is -4.65. The predicted octanol–water partition coefficient (Wildman–Crippen LogP) is 1.78. The summed E-state index contributed by atoms with van der Waals surface area (Å²) in [6, 6.07) is 0. The number of nitrogen functional groups attached to an aromatic ring is 1. The molecule has 0 fully saturated rings. The minimum absolute atomic E-state index is 0.0626. The van der Waals surface area contributed by atoms with Crippen molar-refractivity contribution in [3.8, 4) is 0 Å². The lowest BCUT2D eigenvalue weighted by atomic mass is 10.2. The summed E-state index contributed by atoms with van der Waals surface area (Å²) in [6.45, 7) is 5.27. The second-order valence-electron chi connectivity index (χ2n) is 5.04. The van der Waals surface area contributed by atoms with Crippen LogP contribution in [0.1, 0.15) is 29.7 Å². The Bertz CT molecular complexity index is 913. The molecule has 0 atom stereocenters. The summed E-state index contributed by atoms with van der Waals surface area (Å²) in [4.78, 5) is 0. The number of aromatic nitrogens is 7. The Balaban J connectivity index is 2.14. The monoisotopic (exact) mass is 358 g/mol. The van der Waals surface area contributed by atoms with E-state index in [1.165, 1.54) is 4.68 Å². The molecule has 0 aliphatic heterocycles. The van der Waals surface area contributed by atoms with E-state index in [1.807, 2.05) is 6.92 Å². The highest BCUT2D eigenvalue weighted by molar-refractivity contribution is 7.99.